The van der Waals surface area contributed by atoms with Crippen LogP contribution >= 0.6 is 0 Å². The summed E-state index contributed by atoms with van der Waals surface area (Å²) in [6, 6.07) is 11.9. The van der Waals surface area contributed by atoms with Crippen LogP contribution in [-0.2, 0) is 13.6 Å². The number of aryl methyl sites for hydroxylation is 1. The third-order valence-electron chi connectivity index (χ3n) is 7.22. The van der Waals surface area contributed by atoms with Crippen molar-refractivity contribution >= 4 is 22.4 Å². The van der Waals surface area contributed by atoms with Crippen molar-refractivity contribution < 1.29 is 9.84 Å². The minimum Gasteiger partial charge on any atom is -0.495 e. The van der Waals surface area contributed by atoms with Gasteiger partial charge in [0.05, 0.1) is 54.2 Å². The third kappa shape index (κ3) is 4.42. The second kappa shape index (κ2) is 9.01. The second-order valence-corrected chi connectivity index (χ2v) is 9.75. The van der Waals surface area contributed by atoms with Crippen LogP contribution in [0.2, 0.25) is 0 Å². The SMILES string of the molecule is COc1cc(-c2cnc(C)n2C)ccc1Nc1cc2nc(-c3cnn(CC4(O)CCC4)c3)ccc2cn1. The molecular formula is C28H29N7O2. The molecule has 0 aliphatic heterocycles. The number of nitrogens with one attached hydrogen (secondary N) is 1. The van der Waals surface area contributed by atoms with Gasteiger partial charge in [0.25, 0.3) is 0 Å². The summed E-state index contributed by atoms with van der Waals surface area (Å²) in [5.41, 5.74) is 4.79. The average Bonchev–Trinajstić information content (AvgIpc) is 3.49. The van der Waals surface area contributed by atoms with Crippen LogP contribution < -0.4 is 10.1 Å². The lowest BCUT2D eigenvalue weighted by molar-refractivity contribution is -0.0498. The van der Waals surface area contributed by atoms with Gasteiger partial charge in [-0.25, -0.2) is 15.0 Å². The fourth-order valence-corrected chi connectivity index (χ4v) is 4.73. The molecule has 1 saturated carbocycles. The largest absolute Gasteiger partial charge is 0.495 e. The van der Waals surface area contributed by atoms with Crippen LogP contribution in [0.3, 0.4) is 0 Å². The van der Waals surface area contributed by atoms with Gasteiger partial charge >= 0.3 is 0 Å². The summed E-state index contributed by atoms with van der Waals surface area (Å²) in [5, 5.41) is 19.2. The van der Waals surface area contributed by atoms with Gasteiger partial charge in [-0.15, -0.1) is 0 Å². The molecule has 0 bridgehead atoms. The zero-order valence-electron chi connectivity index (χ0n) is 21.1. The molecule has 4 aromatic heterocycles. The summed E-state index contributed by atoms with van der Waals surface area (Å²) >= 11 is 0. The molecule has 0 saturated heterocycles. The first-order valence-corrected chi connectivity index (χ1v) is 12.4. The van der Waals surface area contributed by atoms with Crippen LogP contribution in [0.15, 0.2) is 61.2 Å². The fraction of sp³-hybridized carbons (Fsp3) is 0.286. The topological polar surface area (TPSA) is 103 Å². The lowest BCUT2D eigenvalue weighted by atomic mass is 9.80. The van der Waals surface area contributed by atoms with E-state index in [1.54, 1.807) is 13.3 Å². The molecule has 1 aliphatic carbocycles. The molecule has 6 rings (SSSR count). The highest BCUT2D eigenvalue weighted by molar-refractivity contribution is 5.84. The van der Waals surface area contributed by atoms with Crippen molar-refractivity contribution in [3.63, 3.8) is 0 Å². The van der Waals surface area contributed by atoms with Crippen molar-refractivity contribution in [2.45, 2.75) is 38.3 Å². The van der Waals surface area contributed by atoms with E-state index >= 15 is 0 Å². The number of pyridine rings is 2. The summed E-state index contributed by atoms with van der Waals surface area (Å²) in [6.45, 7) is 2.49. The summed E-state index contributed by atoms with van der Waals surface area (Å²) in [4.78, 5) is 13.8. The molecule has 1 fully saturated rings. The van der Waals surface area contributed by atoms with Gasteiger partial charge in [-0.1, -0.05) is 6.07 Å². The molecule has 0 amide bonds. The van der Waals surface area contributed by atoms with Gasteiger partial charge in [-0.3, -0.25) is 4.68 Å². The predicted molar refractivity (Wildman–Crippen MR) is 143 cm³/mol. The van der Waals surface area contributed by atoms with Crippen LogP contribution in [0, 0.1) is 6.92 Å². The van der Waals surface area contributed by atoms with Crippen molar-refractivity contribution in [2.24, 2.45) is 7.05 Å². The molecule has 1 aromatic carbocycles. The van der Waals surface area contributed by atoms with Crippen molar-refractivity contribution in [1.29, 1.82) is 0 Å². The Balaban J connectivity index is 1.26. The first kappa shape index (κ1) is 23.2. The van der Waals surface area contributed by atoms with Gasteiger partial charge < -0.3 is 19.7 Å². The summed E-state index contributed by atoms with van der Waals surface area (Å²) in [6.07, 6.45) is 10.1. The van der Waals surface area contributed by atoms with E-state index < -0.39 is 5.60 Å². The molecule has 9 heteroatoms. The number of ether oxygens (including phenoxy) is 1. The van der Waals surface area contributed by atoms with Gasteiger partial charge in [0.15, 0.2) is 0 Å². The fourth-order valence-electron chi connectivity index (χ4n) is 4.73. The number of methoxy groups -OCH3 is 1. The molecule has 0 atom stereocenters. The maximum atomic E-state index is 10.5. The number of aliphatic hydroxyl groups is 1. The molecule has 9 nitrogen and oxygen atoms in total. The first-order chi connectivity index (χ1) is 17.9. The van der Waals surface area contributed by atoms with Crippen LogP contribution in [0.5, 0.6) is 5.75 Å². The van der Waals surface area contributed by atoms with E-state index in [0.29, 0.717) is 18.1 Å². The zero-order chi connectivity index (χ0) is 25.6. The minimum atomic E-state index is -0.623. The maximum absolute atomic E-state index is 10.5. The van der Waals surface area contributed by atoms with Crippen LogP contribution in [0.1, 0.15) is 25.1 Å². The smallest absolute Gasteiger partial charge is 0.143 e. The Kier molecular flexibility index (Phi) is 5.64. The average molecular weight is 496 g/mol. The number of nitrogens with zero attached hydrogens (tertiary/aromatic N) is 6. The number of imidazole rings is 1. The van der Waals surface area contributed by atoms with Gasteiger partial charge in [0.2, 0.25) is 0 Å². The number of anilines is 2. The number of fused-ring (bicyclic) bond motifs is 1. The normalized spacial score (nSPS) is 14.5. The maximum Gasteiger partial charge on any atom is 0.143 e. The van der Waals surface area contributed by atoms with Crippen LogP contribution in [0.4, 0.5) is 11.5 Å². The number of hydrogen-bond acceptors (Lipinski definition) is 7. The van der Waals surface area contributed by atoms with E-state index in [1.807, 2.05) is 73.6 Å². The van der Waals surface area contributed by atoms with Crippen LogP contribution in [0.25, 0.3) is 33.4 Å². The highest BCUT2D eigenvalue weighted by Gasteiger charge is 2.35. The molecule has 0 unspecified atom stereocenters. The van der Waals surface area contributed by atoms with E-state index in [1.165, 1.54) is 0 Å². The highest BCUT2D eigenvalue weighted by Crippen LogP contribution is 2.34. The standard InChI is InChI=1S/C28H29N7O2/c1-18-29-15-25(34(18)2)19-5-8-23(26(11-19)37-3)33-27-12-24-20(13-30-27)6-7-22(32-24)21-14-31-35(16-21)17-28(36)9-4-10-28/h5-8,11-16,36H,4,9-10,17H2,1-3H3,(H,30,33). The summed E-state index contributed by atoms with van der Waals surface area (Å²) in [5.74, 6) is 2.33. The number of rotatable bonds is 7. The third-order valence-corrected chi connectivity index (χ3v) is 7.22. The van der Waals surface area contributed by atoms with E-state index in [9.17, 15) is 5.11 Å². The van der Waals surface area contributed by atoms with Gasteiger partial charge in [0.1, 0.15) is 17.4 Å². The Bertz CT molecular complexity index is 1600. The number of hydrogen-bond donors (Lipinski definition) is 2. The van der Waals surface area contributed by atoms with E-state index in [0.717, 1.165) is 64.2 Å². The molecule has 0 radical (unpaired) electrons. The second-order valence-electron chi connectivity index (χ2n) is 9.75. The summed E-state index contributed by atoms with van der Waals surface area (Å²) < 4.78 is 9.54. The molecule has 1 aliphatic rings. The Morgan fingerprint density at radius 3 is 2.65 bits per heavy atom. The Labute approximate surface area is 214 Å². The first-order valence-electron chi connectivity index (χ1n) is 12.4. The zero-order valence-corrected chi connectivity index (χ0v) is 21.1. The van der Waals surface area contributed by atoms with Crippen molar-refractivity contribution in [3.05, 3.63) is 67.0 Å². The van der Waals surface area contributed by atoms with Crippen molar-refractivity contribution in [1.82, 2.24) is 29.3 Å². The van der Waals surface area contributed by atoms with Gasteiger partial charge in [-0.2, -0.15) is 5.10 Å². The number of benzene rings is 1. The highest BCUT2D eigenvalue weighted by atomic mass is 16.5. The molecule has 4 heterocycles. The minimum absolute atomic E-state index is 0.513. The summed E-state index contributed by atoms with van der Waals surface area (Å²) in [7, 11) is 3.66. The molecule has 2 N–H and O–H groups in total. The van der Waals surface area contributed by atoms with Gasteiger partial charge in [-0.05, 0) is 50.5 Å². The van der Waals surface area contributed by atoms with Gasteiger partial charge in [0, 0.05) is 42.0 Å². The molecule has 5 aromatic rings. The van der Waals surface area contributed by atoms with Crippen LogP contribution in [-0.4, -0.2) is 47.1 Å². The van der Waals surface area contributed by atoms with E-state index in [2.05, 4.69) is 25.0 Å². The van der Waals surface area contributed by atoms with Crippen molar-refractivity contribution in [2.75, 3.05) is 12.4 Å². The Hall–Kier alpha value is -4.24. The molecule has 37 heavy (non-hydrogen) atoms. The Morgan fingerprint density at radius 1 is 1.05 bits per heavy atom. The lowest BCUT2D eigenvalue weighted by Gasteiger charge is -2.36. The number of aromatic nitrogens is 6. The predicted octanol–water partition coefficient (Wildman–Crippen LogP) is 4.87. The lowest BCUT2D eigenvalue weighted by Crippen LogP contribution is -2.41. The van der Waals surface area contributed by atoms with E-state index in [-0.39, 0.29) is 0 Å². The monoisotopic (exact) mass is 495 g/mol. The quantitative estimate of drug-likeness (QED) is 0.332. The molecular weight excluding hydrogens is 466 g/mol. The molecule has 188 valence electrons. The van der Waals surface area contributed by atoms with Crippen molar-refractivity contribution in [3.8, 4) is 28.3 Å². The Morgan fingerprint density at radius 2 is 1.92 bits per heavy atom. The molecule has 0 spiro atoms. The van der Waals surface area contributed by atoms with E-state index in [4.69, 9.17) is 9.72 Å².